The van der Waals surface area contributed by atoms with Crippen LogP contribution in [-0.2, 0) is 0 Å². The molecule has 5 nitrogen and oxygen atoms in total. The average molecular weight is 664 g/mol. The number of nitrogens with zero attached hydrogens (tertiary/aromatic N) is 5. The van der Waals surface area contributed by atoms with E-state index in [9.17, 15) is 0 Å². The highest BCUT2D eigenvalue weighted by molar-refractivity contribution is 6.13. The molecule has 0 spiro atoms. The van der Waals surface area contributed by atoms with Gasteiger partial charge in [-0.25, -0.2) is 19.9 Å². The zero-order valence-electron chi connectivity index (χ0n) is 28.0. The first-order valence-corrected chi connectivity index (χ1v) is 17.3. The Balaban J connectivity index is 1.22. The molecule has 0 saturated heterocycles. The summed E-state index contributed by atoms with van der Waals surface area (Å²) in [6, 6.07) is 58.6. The lowest BCUT2D eigenvalue weighted by Crippen LogP contribution is -2.02. The Hall–Kier alpha value is -7.11. The second-order valence-corrected chi connectivity index (χ2v) is 12.9. The van der Waals surface area contributed by atoms with Crippen molar-refractivity contribution < 1.29 is 0 Å². The third-order valence-electron chi connectivity index (χ3n) is 9.75. The molecular formula is C47H29N5. The molecule has 0 atom stereocenters. The number of benzene rings is 7. The lowest BCUT2D eigenvalue weighted by molar-refractivity contribution is 1.08. The van der Waals surface area contributed by atoms with E-state index in [0.29, 0.717) is 17.5 Å². The first kappa shape index (κ1) is 29.8. The fourth-order valence-corrected chi connectivity index (χ4v) is 7.20. The Bertz CT molecular complexity index is 2940. The van der Waals surface area contributed by atoms with Crippen molar-refractivity contribution >= 4 is 43.4 Å². The molecule has 0 bridgehead atoms. The van der Waals surface area contributed by atoms with Gasteiger partial charge in [0, 0.05) is 39.2 Å². The van der Waals surface area contributed by atoms with E-state index in [-0.39, 0.29) is 0 Å². The van der Waals surface area contributed by atoms with Gasteiger partial charge in [0.1, 0.15) is 0 Å². The summed E-state index contributed by atoms with van der Waals surface area (Å²) in [5.41, 5.74) is 8.64. The van der Waals surface area contributed by atoms with Gasteiger partial charge in [-0.1, -0.05) is 146 Å². The van der Waals surface area contributed by atoms with E-state index >= 15 is 0 Å². The summed E-state index contributed by atoms with van der Waals surface area (Å²) >= 11 is 0. The molecule has 242 valence electrons. The summed E-state index contributed by atoms with van der Waals surface area (Å²) < 4.78 is 0. The maximum Gasteiger partial charge on any atom is 0.164 e. The molecule has 0 N–H and O–H groups in total. The fourth-order valence-electron chi connectivity index (χ4n) is 7.20. The second-order valence-electron chi connectivity index (χ2n) is 12.9. The van der Waals surface area contributed by atoms with Gasteiger partial charge in [0.15, 0.2) is 17.5 Å². The SMILES string of the molecule is c1ccc(-c2ccc(-c3nc(-c4cc5ccccc5c5ccccc45)nc(-c4cc5ccc(-c6ccccc6)nc5c5ncccc45)n3)cc2)cc1. The minimum atomic E-state index is 0.580. The van der Waals surface area contributed by atoms with Crippen molar-refractivity contribution in [2.24, 2.45) is 0 Å². The normalized spacial score (nSPS) is 11.5. The molecule has 3 heterocycles. The first-order valence-electron chi connectivity index (χ1n) is 17.3. The van der Waals surface area contributed by atoms with Crippen LogP contribution in [-0.4, -0.2) is 24.9 Å². The smallest absolute Gasteiger partial charge is 0.164 e. The van der Waals surface area contributed by atoms with Crippen molar-refractivity contribution in [2.45, 2.75) is 0 Å². The Kier molecular flexibility index (Phi) is 7.07. The zero-order valence-corrected chi connectivity index (χ0v) is 28.0. The van der Waals surface area contributed by atoms with Gasteiger partial charge in [-0.15, -0.1) is 0 Å². The quantitative estimate of drug-likeness (QED) is 0.171. The highest BCUT2D eigenvalue weighted by atomic mass is 15.0. The van der Waals surface area contributed by atoms with Gasteiger partial charge >= 0.3 is 0 Å². The van der Waals surface area contributed by atoms with E-state index in [0.717, 1.165) is 77.0 Å². The van der Waals surface area contributed by atoms with Crippen molar-refractivity contribution in [1.82, 2.24) is 24.9 Å². The number of aromatic nitrogens is 5. The van der Waals surface area contributed by atoms with Crippen LogP contribution in [0.2, 0.25) is 0 Å². The summed E-state index contributed by atoms with van der Waals surface area (Å²) in [6.45, 7) is 0. The third kappa shape index (κ3) is 5.15. The first-order chi connectivity index (χ1) is 25.8. The molecule has 10 aromatic rings. The van der Waals surface area contributed by atoms with Crippen LogP contribution in [0, 0.1) is 0 Å². The van der Waals surface area contributed by atoms with Gasteiger partial charge < -0.3 is 0 Å². The maximum atomic E-state index is 5.27. The van der Waals surface area contributed by atoms with Crippen LogP contribution in [0.15, 0.2) is 176 Å². The van der Waals surface area contributed by atoms with Crippen LogP contribution in [0.1, 0.15) is 0 Å². The monoisotopic (exact) mass is 663 g/mol. The van der Waals surface area contributed by atoms with E-state index in [1.54, 1.807) is 0 Å². The predicted octanol–water partition coefficient (Wildman–Crippen LogP) is 11.6. The van der Waals surface area contributed by atoms with Crippen LogP contribution >= 0.6 is 0 Å². The van der Waals surface area contributed by atoms with Crippen molar-refractivity contribution in [1.29, 1.82) is 0 Å². The number of pyridine rings is 2. The van der Waals surface area contributed by atoms with Gasteiger partial charge in [0.25, 0.3) is 0 Å². The lowest BCUT2D eigenvalue weighted by atomic mass is 9.96. The molecule has 3 aromatic heterocycles. The lowest BCUT2D eigenvalue weighted by Gasteiger charge is -2.14. The van der Waals surface area contributed by atoms with Crippen LogP contribution in [0.25, 0.3) is 99.9 Å². The van der Waals surface area contributed by atoms with E-state index < -0.39 is 0 Å². The summed E-state index contributed by atoms with van der Waals surface area (Å²) in [5.74, 6) is 1.80. The van der Waals surface area contributed by atoms with Gasteiger partial charge in [-0.05, 0) is 56.9 Å². The van der Waals surface area contributed by atoms with Crippen LogP contribution < -0.4 is 0 Å². The van der Waals surface area contributed by atoms with Crippen molar-refractivity contribution in [2.75, 3.05) is 0 Å². The molecule has 0 amide bonds. The van der Waals surface area contributed by atoms with E-state index in [4.69, 9.17) is 24.9 Å². The van der Waals surface area contributed by atoms with Gasteiger partial charge in [0.05, 0.1) is 16.7 Å². The minimum absolute atomic E-state index is 0.580. The van der Waals surface area contributed by atoms with E-state index in [1.165, 1.54) is 5.39 Å². The summed E-state index contributed by atoms with van der Waals surface area (Å²) in [6.07, 6.45) is 1.82. The summed E-state index contributed by atoms with van der Waals surface area (Å²) in [7, 11) is 0. The standard InChI is InChI=1S/C47H29N5/c1-3-12-30(13-4-1)31-21-23-33(24-22-31)45-50-46(40-28-34-16-7-8-17-36(34)37-18-9-10-19-38(37)40)52-47(51-45)41-29-35-25-26-42(32-14-5-2-6-15-32)49-43(35)44-39(41)20-11-27-48-44/h1-29H. The number of hydrogen-bond donors (Lipinski definition) is 0. The number of hydrogen-bond acceptors (Lipinski definition) is 5. The largest absolute Gasteiger partial charge is 0.254 e. The fraction of sp³-hybridized carbons (Fsp3) is 0. The molecule has 0 aliphatic heterocycles. The molecule has 0 aliphatic carbocycles. The van der Waals surface area contributed by atoms with Crippen LogP contribution in [0.3, 0.4) is 0 Å². The van der Waals surface area contributed by atoms with Crippen LogP contribution in [0.5, 0.6) is 0 Å². The van der Waals surface area contributed by atoms with Crippen molar-refractivity contribution in [3.05, 3.63) is 176 Å². The molecule has 0 radical (unpaired) electrons. The van der Waals surface area contributed by atoms with Gasteiger partial charge in [0.2, 0.25) is 0 Å². The van der Waals surface area contributed by atoms with Gasteiger partial charge in [-0.2, -0.15) is 0 Å². The molecule has 0 unspecified atom stereocenters. The Labute approximate surface area is 300 Å². The third-order valence-corrected chi connectivity index (χ3v) is 9.75. The molecule has 0 fully saturated rings. The molecule has 0 aliphatic rings. The molecule has 10 rings (SSSR count). The van der Waals surface area contributed by atoms with E-state index in [1.807, 2.05) is 36.5 Å². The highest BCUT2D eigenvalue weighted by Crippen LogP contribution is 2.38. The van der Waals surface area contributed by atoms with Crippen LogP contribution in [0.4, 0.5) is 0 Å². The Morgan fingerprint density at radius 2 is 0.865 bits per heavy atom. The molecule has 5 heteroatoms. The Morgan fingerprint density at radius 1 is 0.308 bits per heavy atom. The number of rotatable bonds is 5. The van der Waals surface area contributed by atoms with Crippen molar-refractivity contribution in [3.8, 4) is 56.5 Å². The average Bonchev–Trinajstić information content (AvgIpc) is 3.23. The maximum absolute atomic E-state index is 5.27. The molecule has 7 aromatic carbocycles. The predicted molar refractivity (Wildman–Crippen MR) is 213 cm³/mol. The molecule has 0 saturated carbocycles. The second kappa shape index (κ2) is 12.3. The van der Waals surface area contributed by atoms with Crippen molar-refractivity contribution in [3.63, 3.8) is 0 Å². The highest BCUT2D eigenvalue weighted by Gasteiger charge is 2.19. The summed E-state index contributed by atoms with van der Waals surface area (Å²) in [4.78, 5) is 25.7. The molecule has 52 heavy (non-hydrogen) atoms. The Morgan fingerprint density at radius 3 is 1.63 bits per heavy atom. The summed E-state index contributed by atoms with van der Waals surface area (Å²) in [5, 5.41) is 6.47. The zero-order chi connectivity index (χ0) is 34.4. The topological polar surface area (TPSA) is 64.5 Å². The minimum Gasteiger partial charge on any atom is -0.254 e. The van der Waals surface area contributed by atoms with Gasteiger partial charge in [-0.3, -0.25) is 4.98 Å². The molecular weight excluding hydrogens is 635 g/mol. The van der Waals surface area contributed by atoms with E-state index in [2.05, 4.69) is 140 Å². The number of fused-ring (bicyclic) bond motifs is 6.